The van der Waals surface area contributed by atoms with Gasteiger partial charge in [-0.3, -0.25) is 5.32 Å². The van der Waals surface area contributed by atoms with E-state index in [1.54, 1.807) is 6.92 Å². The summed E-state index contributed by atoms with van der Waals surface area (Å²) in [6, 6.07) is 4.13. The SMILES string of the molecule is CCOC(=O)NC(=S)Nc1cccc(OCC(F)(F)F)n1. The zero-order valence-corrected chi connectivity index (χ0v) is 11.7. The molecular weight excluding hydrogens is 311 g/mol. The minimum Gasteiger partial charge on any atom is -0.468 e. The van der Waals surface area contributed by atoms with Crippen LogP contribution in [0.2, 0.25) is 0 Å². The van der Waals surface area contributed by atoms with Gasteiger partial charge < -0.3 is 14.8 Å². The Kier molecular flexibility index (Phi) is 6.15. The maximum atomic E-state index is 12.0. The van der Waals surface area contributed by atoms with Crippen molar-refractivity contribution in [3.8, 4) is 5.88 Å². The average molecular weight is 323 g/mol. The molecule has 0 aliphatic rings. The molecule has 0 aliphatic heterocycles. The standard InChI is InChI=1S/C11H12F3N3O3S/c1-2-19-10(18)17-9(21)16-7-4-3-5-8(15-7)20-6-11(12,13)14/h3-5H,2,6H2,1H3,(H2,15,16,17,18,21). The molecule has 2 N–H and O–H groups in total. The Labute approximate surface area is 123 Å². The summed E-state index contributed by atoms with van der Waals surface area (Å²) in [6.45, 7) is 0.349. The Balaban J connectivity index is 2.56. The number of halogens is 3. The van der Waals surface area contributed by atoms with Gasteiger partial charge in [0.05, 0.1) is 6.61 Å². The van der Waals surface area contributed by atoms with Crippen molar-refractivity contribution in [3.63, 3.8) is 0 Å². The fraction of sp³-hybridized carbons (Fsp3) is 0.364. The van der Waals surface area contributed by atoms with Gasteiger partial charge in [0.25, 0.3) is 0 Å². The molecule has 116 valence electrons. The fourth-order valence-corrected chi connectivity index (χ4v) is 1.32. The second kappa shape index (κ2) is 7.62. The van der Waals surface area contributed by atoms with E-state index in [9.17, 15) is 18.0 Å². The van der Waals surface area contributed by atoms with Crippen LogP contribution in [0.25, 0.3) is 0 Å². The molecule has 6 nitrogen and oxygen atoms in total. The van der Waals surface area contributed by atoms with E-state index in [0.717, 1.165) is 0 Å². The quantitative estimate of drug-likeness (QED) is 0.830. The van der Waals surface area contributed by atoms with E-state index in [0.29, 0.717) is 0 Å². The molecule has 10 heteroatoms. The Hall–Kier alpha value is -2.10. The minimum absolute atomic E-state index is 0.103. The molecule has 0 bridgehead atoms. The van der Waals surface area contributed by atoms with Crippen molar-refractivity contribution in [2.75, 3.05) is 18.5 Å². The number of ether oxygens (including phenoxy) is 2. The van der Waals surface area contributed by atoms with Crippen molar-refractivity contribution in [1.29, 1.82) is 0 Å². The third-order valence-electron chi connectivity index (χ3n) is 1.84. The highest BCUT2D eigenvalue weighted by molar-refractivity contribution is 7.80. The summed E-state index contributed by atoms with van der Waals surface area (Å²) in [5.41, 5.74) is 0. The van der Waals surface area contributed by atoms with E-state index in [-0.39, 0.29) is 23.4 Å². The summed E-state index contributed by atoms with van der Waals surface area (Å²) in [7, 11) is 0. The molecular formula is C11H12F3N3O3S. The first kappa shape index (κ1) is 17.0. The highest BCUT2D eigenvalue weighted by Gasteiger charge is 2.28. The molecule has 0 saturated carbocycles. The molecule has 0 aliphatic carbocycles. The number of anilines is 1. The summed E-state index contributed by atoms with van der Waals surface area (Å²) in [5, 5.41) is 4.62. The number of carbonyl (C=O) groups excluding carboxylic acids is 1. The van der Waals surface area contributed by atoms with Crippen molar-refractivity contribution >= 4 is 29.2 Å². The molecule has 1 heterocycles. The second-order valence-electron chi connectivity index (χ2n) is 3.56. The molecule has 21 heavy (non-hydrogen) atoms. The Bertz CT molecular complexity index is 511. The van der Waals surface area contributed by atoms with E-state index < -0.39 is 18.9 Å². The molecule has 0 aromatic carbocycles. The number of pyridine rings is 1. The van der Waals surface area contributed by atoms with Crippen LogP contribution >= 0.6 is 12.2 Å². The number of alkyl carbamates (subject to hydrolysis) is 1. The predicted molar refractivity (Wildman–Crippen MR) is 72.2 cm³/mol. The predicted octanol–water partition coefficient (Wildman–Crippen LogP) is 2.47. The largest absolute Gasteiger partial charge is 0.468 e. The number of alkyl halides is 3. The van der Waals surface area contributed by atoms with Crippen LogP contribution in [0.4, 0.5) is 23.8 Å². The van der Waals surface area contributed by atoms with E-state index in [2.05, 4.69) is 25.1 Å². The lowest BCUT2D eigenvalue weighted by Crippen LogP contribution is -2.34. The van der Waals surface area contributed by atoms with Crippen molar-refractivity contribution < 1.29 is 27.4 Å². The molecule has 1 amide bonds. The van der Waals surface area contributed by atoms with Gasteiger partial charge in [-0.15, -0.1) is 0 Å². The van der Waals surface area contributed by atoms with E-state index in [1.807, 2.05) is 0 Å². The van der Waals surface area contributed by atoms with Crippen LogP contribution in [-0.2, 0) is 4.74 Å². The molecule has 0 spiro atoms. The molecule has 1 aromatic rings. The van der Waals surface area contributed by atoms with E-state index in [4.69, 9.17) is 12.2 Å². The lowest BCUT2D eigenvalue weighted by atomic mass is 10.4. The highest BCUT2D eigenvalue weighted by atomic mass is 32.1. The zero-order valence-electron chi connectivity index (χ0n) is 10.9. The van der Waals surface area contributed by atoms with E-state index in [1.165, 1.54) is 18.2 Å². The Morgan fingerprint density at radius 1 is 1.43 bits per heavy atom. The number of amides is 1. The third kappa shape index (κ3) is 7.30. The van der Waals surface area contributed by atoms with Gasteiger partial charge in [-0.05, 0) is 25.2 Å². The highest BCUT2D eigenvalue weighted by Crippen LogP contribution is 2.18. The van der Waals surface area contributed by atoms with Crippen LogP contribution < -0.4 is 15.4 Å². The van der Waals surface area contributed by atoms with Crippen LogP contribution in [0, 0.1) is 0 Å². The van der Waals surface area contributed by atoms with Gasteiger partial charge in [-0.25, -0.2) is 4.79 Å². The summed E-state index contributed by atoms with van der Waals surface area (Å²) < 4.78 is 45.1. The molecule has 0 saturated heterocycles. The van der Waals surface area contributed by atoms with Gasteiger partial charge in [0.15, 0.2) is 11.7 Å². The first-order valence-corrected chi connectivity index (χ1v) is 6.12. The molecule has 0 unspecified atom stereocenters. The van der Waals surface area contributed by atoms with Gasteiger partial charge in [0.1, 0.15) is 5.82 Å². The van der Waals surface area contributed by atoms with Crippen LogP contribution in [0.15, 0.2) is 18.2 Å². The first-order valence-electron chi connectivity index (χ1n) is 5.71. The first-order chi connectivity index (χ1) is 9.80. The maximum absolute atomic E-state index is 12.0. The lowest BCUT2D eigenvalue weighted by Gasteiger charge is -2.11. The van der Waals surface area contributed by atoms with Gasteiger partial charge in [0, 0.05) is 6.07 Å². The normalized spacial score (nSPS) is 10.7. The van der Waals surface area contributed by atoms with Crippen LogP contribution in [0.3, 0.4) is 0 Å². The number of hydrogen-bond donors (Lipinski definition) is 2. The van der Waals surface area contributed by atoms with Crippen molar-refractivity contribution in [2.45, 2.75) is 13.1 Å². The summed E-state index contributed by atoms with van der Waals surface area (Å²) in [5.74, 6) is -0.104. The fourth-order valence-electron chi connectivity index (χ4n) is 1.13. The Morgan fingerprint density at radius 3 is 2.76 bits per heavy atom. The van der Waals surface area contributed by atoms with Gasteiger partial charge in [-0.2, -0.15) is 18.2 Å². The lowest BCUT2D eigenvalue weighted by molar-refractivity contribution is -0.154. The zero-order chi connectivity index (χ0) is 15.9. The number of rotatable bonds is 4. The van der Waals surface area contributed by atoms with Crippen LogP contribution in [0.5, 0.6) is 5.88 Å². The topological polar surface area (TPSA) is 72.5 Å². The number of carbonyl (C=O) groups is 1. The van der Waals surface area contributed by atoms with Crippen molar-refractivity contribution in [2.24, 2.45) is 0 Å². The smallest absolute Gasteiger partial charge is 0.422 e. The molecule has 0 fully saturated rings. The number of thiocarbonyl (C=S) groups is 1. The van der Waals surface area contributed by atoms with Gasteiger partial charge in [-0.1, -0.05) is 6.07 Å². The number of nitrogens with zero attached hydrogens (tertiary/aromatic N) is 1. The minimum atomic E-state index is -4.45. The molecule has 1 rings (SSSR count). The molecule has 0 radical (unpaired) electrons. The van der Waals surface area contributed by atoms with Crippen LogP contribution in [0.1, 0.15) is 6.92 Å². The molecule has 0 atom stereocenters. The third-order valence-corrected chi connectivity index (χ3v) is 2.04. The van der Waals surface area contributed by atoms with Crippen molar-refractivity contribution in [1.82, 2.24) is 10.3 Å². The Morgan fingerprint density at radius 2 is 2.14 bits per heavy atom. The monoisotopic (exact) mass is 323 g/mol. The average Bonchev–Trinajstić information content (AvgIpc) is 2.36. The number of hydrogen-bond acceptors (Lipinski definition) is 5. The molecule has 1 aromatic heterocycles. The second-order valence-corrected chi connectivity index (χ2v) is 3.97. The number of aromatic nitrogens is 1. The van der Waals surface area contributed by atoms with Gasteiger partial charge >= 0.3 is 12.3 Å². The summed E-state index contributed by atoms with van der Waals surface area (Å²) >= 11 is 4.81. The summed E-state index contributed by atoms with van der Waals surface area (Å²) in [6.07, 6.45) is -5.20. The van der Waals surface area contributed by atoms with Gasteiger partial charge in [0.2, 0.25) is 5.88 Å². The maximum Gasteiger partial charge on any atom is 0.422 e. The van der Waals surface area contributed by atoms with Crippen molar-refractivity contribution in [3.05, 3.63) is 18.2 Å². The van der Waals surface area contributed by atoms with Crippen LogP contribution in [-0.4, -0.2) is 35.6 Å². The van der Waals surface area contributed by atoms with E-state index >= 15 is 0 Å². The number of nitrogens with one attached hydrogen (secondary N) is 2. The summed E-state index contributed by atoms with van der Waals surface area (Å²) in [4.78, 5) is 14.8.